The largest absolute Gasteiger partial charge is 0.378 e. The summed E-state index contributed by atoms with van der Waals surface area (Å²) in [5.41, 5.74) is 1.24. The maximum atomic E-state index is 12.8. The summed E-state index contributed by atoms with van der Waals surface area (Å²) in [4.78, 5) is 0. The number of hydrogen-bond donors (Lipinski definition) is 0. The molecule has 0 N–H and O–H groups in total. The van der Waals surface area contributed by atoms with E-state index < -0.39 is 0 Å². The van der Waals surface area contributed by atoms with Gasteiger partial charge in [0.1, 0.15) is 5.82 Å². The Labute approximate surface area is 96.6 Å². The van der Waals surface area contributed by atoms with Gasteiger partial charge in [-0.3, -0.25) is 0 Å². The summed E-state index contributed by atoms with van der Waals surface area (Å²) in [5, 5.41) is 0. The van der Waals surface area contributed by atoms with Gasteiger partial charge in [-0.15, -0.1) is 0 Å². The lowest BCUT2D eigenvalue weighted by molar-refractivity contribution is -0.0102. The molecular weight excluding hydrogens is 203 g/mol. The molecule has 0 saturated carbocycles. The van der Waals surface area contributed by atoms with E-state index >= 15 is 0 Å². The van der Waals surface area contributed by atoms with E-state index in [9.17, 15) is 4.39 Å². The van der Waals surface area contributed by atoms with Crippen molar-refractivity contribution in [3.63, 3.8) is 0 Å². The van der Waals surface area contributed by atoms with Crippen molar-refractivity contribution in [1.82, 2.24) is 0 Å². The Morgan fingerprint density at radius 1 is 1.31 bits per heavy atom. The van der Waals surface area contributed by atoms with Crippen LogP contribution in [-0.2, 0) is 11.2 Å². The summed E-state index contributed by atoms with van der Waals surface area (Å²) in [6.07, 6.45) is 4.86. The fourth-order valence-electron chi connectivity index (χ4n) is 2.38. The number of halogens is 1. The summed E-state index contributed by atoms with van der Waals surface area (Å²) >= 11 is 0. The van der Waals surface area contributed by atoms with Crippen molar-refractivity contribution in [2.24, 2.45) is 5.92 Å². The second kappa shape index (κ2) is 5.44. The minimum Gasteiger partial charge on any atom is -0.378 e. The molecule has 1 aromatic rings. The predicted molar refractivity (Wildman–Crippen MR) is 62.9 cm³/mol. The van der Waals surface area contributed by atoms with Crippen molar-refractivity contribution in [2.45, 2.75) is 38.7 Å². The maximum Gasteiger partial charge on any atom is 0.123 e. The second-order valence-corrected chi connectivity index (χ2v) is 4.62. The van der Waals surface area contributed by atoms with Crippen LogP contribution in [0.1, 0.15) is 31.7 Å². The summed E-state index contributed by atoms with van der Waals surface area (Å²) in [5.74, 6) is 0.548. The van der Waals surface area contributed by atoms with Gasteiger partial charge in [0.05, 0.1) is 6.10 Å². The molecule has 16 heavy (non-hydrogen) atoms. The summed E-state index contributed by atoms with van der Waals surface area (Å²) in [6, 6.07) is 6.88. The molecule has 0 bridgehead atoms. The Balaban J connectivity index is 1.91. The fourth-order valence-corrected chi connectivity index (χ4v) is 2.38. The predicted octanol–water partition coefficient (Wildman–Crippen LogP) is 3.57. The Hall–Kier alpha value is -0.890. The van der Waals surface area contributed by atoms with Crippen LogP contribution in [0, 0.1) is 11.7 Å². The molecule has 1 nitrogen and oxygen atoms in total. The molecule has 2 heteroatoms. The average Bonchev–Trinajstić information content (AvgIpc) is 2.32. The first-order chi connectivity index (χ1) is 7.78. The van der Waals surface area contributed by atoms with Gasteiger partial charge < -0.3 is 4.74 Å². The van der Waals surface area contributed by atoms with Crippen LogP contribution in [0.4, 0.5) is 4.39 Å². The van der Waals surface area contributed by atoms with Crippen LogP contribution in [0.15, 0.2) is 24.3 Å². The van der Waals surface area contributed by atoms with Crippen LogP contribution in [-0.4, -0.2) is 12.7 Å². The molecule has 0 aromatic heterocycles. The van der Waals surface area contributed by atoms with Crippen molar-refractivity contribution < 1.29 is 9.13 Å². The third kappa shape index (κ3) is 3.05. The summed E-state index contributed by atoms with van der Waals surface area (Å²) in [7, 11) is 0. The molecule has 88 valence electrons. The van der Waals surface area contributed by atoms with Crippen molar-refractivity contribution >= 4 is 0 Å². The standard InChI is InChI=1S/C14H19FO/c1-2-14-10-12(7-8-16-14)9-11-3-5-13(15)6-4-11/h3-6,12,14H,2,7-10H2,1H3. The third-order valence-electron chi connectivity index (χ3n) is 3.37. The van der Waals surface area contributed by atoms with E-state index in [4.69, 9.17) is 4.74 Å². The molecule has 1 fully saturated rings. The highest BCUT2D eigenvalue weighted by molar-refractivity contribution is 5.16. The molecule has 1 heterocycles. The van der Waals surface area contributed by atoms with Crippen LogP contribution in [0.3, 0.4) is 0 Å². The van der Waals surface area contributed by atoms with Crippen LogP contribution >= 0.6 is 0 Å². The average molecular weight is 222 g/mol. The topological polar surface area (TPSA) is 9.23 Å². The van der Waals surface area contributed by atoms with Gasteiger partial charge in [-0.2, -0.15) is 0 Å². The monoisotopic (exact) mass is 222 g/mol. The van der Waals surface area contributed by atoms with Gasteiger partial charge in [0.15, 0.2) is 0 Å². The summed E-state index contributed by atoms with van der Waals surface area (Å²) in [6.45, 7) is 3.05. The van der Waals surface area contributed by atoms with Gasteiger partial charge >= 0.3 is 0 Å². The first-order valence-corrected chi connectivity index (χ1v) is 6.14. The Kier molecular flexibility index (Phi) is 3.94. The van der Waals surface area contributed by atoms with E-state index in [0.29, 0.717) is 12.0 Å². The number of ether oxygens (including phenoxy) is 1. The van der Waals surface area contributed by atoms with Crippen LogP contribution < -0.4 is 0 Å². The van der Waals surface area contributed by atoms with E-state index in [2.05, 4.69) is 6.92 Å². The second-order valence-electron chi connectivity index (χ2n) is 4.62. The van der Waals surface area contributed by atoms with Crippen molar-refractivity contribution in [2.75, 3.05) is 6.61 Å². The molecule has 2 atom stereocenters. The van der Waals surface area contributed by atoms with Crippen molar-refractivity contribution in [3.8, 4) is 0 Å². The number of hydrogen-bond acceptors (Lipinski definition) is 1. The highest BCUT2D eigenvalue weighted by atomic mass is 19.1. The Morgan fingerprint density at radius 3 is 2.75 bits per heavy atom. The van der Waals surface area contributed by atoms with Gasteiger partial charge in [-0.05, 0) is 49.3 Å². The molecule has 2 unspecified atom stereocenters. The first-order valence-electron chi connectivity index (χ1n) is 6.14. The zero-order chi connectivity index (χ0) is 11.4. The zero-order valence-electron chi connectivity index (χ0n) is 9.79. The molecular formula is C14H19FO. The van der Waals surface area contributed by atoms with Gasteiger partial charge in [0, 0.05) is 6.61 Å². The molecule has 1 saturated heterocycles. The normalized spacial score (nSPS) is 25.6. The zero-order valence-corrected chi connectivity index (χ0v) is 9.79. The molecule has 1 aromatic carbocycles. The van der Waals surface area contributed by atoms with E-state index in [1.165, 1.54) is 5.56 Å². The third-order valence-corrected chi connectivity index (χ3v) is 3.37. The van der Waals surface area contributed by atoms with Crippen LogP contribution in [0.2, 0.25) is 0 Å². The molecule has 1 aliphatic heterocycles. The van der Waals surface area contributed by atoms with E-state index in [1.807, 2.05) is 12.1 Å². The number of benzene rings is 1. The smallest absolute Gasteiger partial charge is 0.123 e. The highest BCUT2D eigenvalue weighted by Crippen LogP contribution is 2.25. The molecule has 0 spiro atoms. The lowest BCUT2D eigenvalue weighted by atomic mass is 9.89. The molecule has 0 amide bonds. The molecule has 0 aliphatic carbocycles. The Morgan fingerprint density at radius 2 is 2.06 bits per heavy atom. The van der Waals surface area contributed by atoms with Crippen LogP contribution in [0.5, 0.6) is 0 Å². The fraction of sp³-hybridized carbons (Fsp3) is 0.571. The Bertz CT molecular complexity index is 320. The van der Waals surface area contributed by atoms with E-state index in [0.717, 1.165) is 32.3 Å². The highest BCUT2D eigenvalue weighted by Gasteiger charge is 2.21. The SMILES string of the molecule is CCC1CC(Cc2ccc(F)cc2)CCO1. The number of rotatable bonds is 3. The minimum atomic E-state index is -0.151. The van der Waals surface area contributed by atoms with Gasteiger partial charge in [0.25, 0.3) is 0 Å². The lowest BCUT2D eigenvalue weighted by Gasteiger charge is -2.29. The van der Waals surface area contributed by atoms with Gasteiger partial charge in [-0.1, -0.05) is 19.1 Å². The summed E-state index contributed by atoms with van der Waals surface area (Å²) < 4.78 is 18.4. The maximum absolute atomic E-state index is 12.8. The van der Waals surface area contributed by atoms with E-state index in [-0.39, 0.29) is 5.82 Å². The van der Waals surface area contributed by atoms with Crippen molar-refractivity contribution in [3.05, 3.63) is 35.6 Å². The van der Waals surface area contributed by atoms with Gasteiger partial charge in [-0.25, -0.2) is 4.39 Å². The quantitative estimate of drug-likeness (QED) is 0.759. The minimum absolute atomic E-state index is 0.151. The molecule has 0 radical (unpaired) electrons. The first kappa shape index (κ1) is 11.6. The van der Waals surface area contributed by atoms with E-state index in [1.54, 1.807) is 12.1 Å². The molecule has 2 rings (SSSR count). The van der Waals surface area contributed by atoms with Crippen molar-refractivity contribution in [1.29, 1.82) is 0 Å². The molecule has 1 aliphatic rings. The van der Waals surface area contributed by atoms with Crippen LogP contribution in [0.25, 0.3) is 0 Å². The van der Waals surface area contributed by atoms with Gasteiger partial charge in [0.2, 0.25) is 0 Å². The lowest BCUT2D eigenvalue weighted by Crippen LogP contribution is -2.26.